The molecule has 2 amide bonds. The molecule has 0 spiro atoms. The molecule has 3 aromatic rings. The second kappa shape index (κ2) is 11.5. The predicted molar refractivity (Wildman–Crippen MR) is 134 cm³/mol. The van der Waals surface area contributed by atoms with Crippen LogP contribution in [0.2, 0.25) is 0 Å². The van der Waals surface area contributed by atoms with E-state index in [4.69, 9.17) is 15.2 Å². The first kappa shape index (κ1) is 24.9. The zero-order valence-corrected chi connectivity index (χ0v) is 20.0. The van der Waals surface area contributed by atoms with Crippen LogP contribution in [0.15, 0.2) is 72.9 Å². The van der Waals surface area contributed by atoms with Gasteiger partial charge >= 0.3 is 0 Å². The first-order chi connectivity index (χ1) is 17.4. The Morgan fingerprint density at radius 2 is 1.86 bits per heavy atom. The second-order valence-corrected chi connectivity index (χ2v) is 8.69. The minimum absolute atomic E-state index is 0.0225. The Morgan fingerprint density at radius 3 is 2.56 bits per heavy atom. The SMILES string of the molecule is C/C=C/C(=O)N1CCCC(Cc2cnc(Oc3ccc(Oc4cccc(F)c4)cc3)c(C(N)=O)c2)C1. The van der Waals surface area contributed by atoms with Crippen molar-refractivity contribution in [2.45, 2.75) is 26.2 Å². The van der Waals surface area contributed by atoms with Crippen LogP contribution in [0.1, 0.15) is 35.7 Å². The highest BCUT2D eigenvalue weighted by Gasteiger charge is 2.23. The van der Waals surface area contributed by atoms with Gasteiger partial charge in [0.25, 0.3) is 5.91 Å². The number of hydrogen-bond donors (Lipinski definition) is 1. The number of benzene rings is 2. The first-order valence-electron chi connectivity index (χ1n) is 11.8. The van der Waals surface area contributed by atoms with Crippen LogP contribution in [-0.2, 0) is 11.2 Å². The number of halogens is 1. The molecule has 36 heavy (non-hydrogen) atoms. The minimum Gasteiger partial charge on any atom is -0.457 e. The van der Waals surface area contributed by atoms with Crippen molar-refractivity contribution in [1.82, 2.24) is 9.88 Å². The molecular weight excluding hydrogens is 461 g/mol. The number of nitrogens with two attached hydrogens (primary N) is 1. The summed E-state index contributed by atoms with van der Waals surface area (Å²) in [6.07, 6.45) is 7.62. The minimum atomic E-state index is -0.640. The number of likely N-dealkylation sites (tertiary alicyclic amines) is 1. The smallest absolute Gasteiger partial charge is 0.254 e. The van der Waals surface area contributed by atoms with E-state index in [0.29, 0.717) is 30.2 Å². The van der Waals surface area contributed by atoms with E-state index >= 15 is 0 Å². The van der Waals surface area contributed by atoms with E-state index in [0.717, 1.165) is 24.9 Å². The number of carbonyl (C=O) groups is 2. The summed E-state index contributed by atoms with van der Waals surface area (Å²) >= 11 is 0. The van der Waals surface area contributed by atoms with E-state index in [2.05, 4.69) is 4.98 Å². The van der Waals surface area contributed by atoms with Gasteiger partial charge in [0, 0.05) is 25.4 Å². The summed E-state index contributed by atoms with van der Waals surface area (Å²) in [5.41, 5.74) is 6.66. The molecule has 4 rings (SSSR count). The highest BCUT2D eigenvalue weighted by atomic mass is 19.1. The molecule has 186 valence electrons. The topological polar surface area (TPSA) is 94.8 Å². The van der Waals surface area contributed by atoms with Gasteiger partial charge in [0.2, 0.25) is 11.8 Å². The van der Waals surface area contributed by atoms with Crippen molar-refractivity contribution in [3.05, 3.63) is 89.9 Å². The maximum Gasteiger partial charge on any atom is 0.254 e. The number of allylic oxidation sites excluding steroid dienone is 1. The van der Waals surface area contributed by atoms with E-state index in [1.165, 1.54) is 12.1 Å². The third-order valence-corrected chi connectivity index (χ3v) is 5.91. The molecule has 0 bridgehead atoms. The molecule has 0 saturated carbocycles. The molecule has 1 aliphatic heterocycles. The van der Waals surface area contributed by atoms with Gasteiger partial charge in [0.1, 0.15) is 28.6 Å². The van der Waals surface area contributed by atoms with Crippen molar-refractivity contribution in [2.24, 2.45) is 11.7 Å². The van der Waals surface area contributed by atoms with Gasteiger partial charge in [-0.3, -0.25) is 9.59 Å². The number of aromatic nitrogens is 1. The fraction of sp³-hybridized carbons (Fsp3) is 0.250. The number of ether oxygens (including phenoxy) is 2. The van der Waals surface area contributed by atoms with E-state index in [1.807, 2.05) is 11.8 Å². The van der Waals surface area contributed by atoms with Gasteiger partial charge in [-0.15, -0.1) is 0 Å². The van der Waals surface area contributed by atoms with Crippen molar-refractivity contribution in [3.63, 3.8) is 0 Å². The van der Waals surface area contributed by atoms with Crippen LogP contribution < -0.4 is 15.2 Å². The highest BCUT2D eigenvalue weighted by Crippen LogP contribution is 2.29. The van der Waals surface area contributed by atoms with E-state index in [9.17, 15) is 14.0 Å². The van der Waals surface area contributed by atoms with Crippen LogP contribution in [0, 0.1) is 11.7 Å². The molecule has 2 heterocycles. The van der Waals surface area contributed by atoms with Crippen LogP contribution in [-0.4, -0.2) is 34.8 Å². The Morgan fingerprint density at radius 1 is 1.11 bits per heavy atom. The highest BCUT2D eigenvalue weighted by molar-refractivity contribution is 5.95. The predicted octanol–water partition coefficient (Wildman–Crippen LogP) is 5.26. The molecule has 7 nitrogen and oxygen atoms in total. The maximum atomic E-state index is 13.4. The van der Waals surface area contributed by atoms with Crippen molar-refractivity contribution in [2.75, 3.05) is 13.1 Å². The monoisotopic (exact) mass is 489 g/mol. The first-order valence-corrected chi connectivity index (χ1v) is 11.8. The summed E-state index contributed by atoms with van der Waals surface area (Å²) in [5, 5.41) is 0. The molecular formula is C28H28FN3O4. The van der Waals surface area contributed by atoms with Gasteiger partial charge in [0.15, 0.2) is 0 Å². The summed E-state index contributed by atoms with van der Waals surface area (Å²) in [6.45, 7) is 3.25. The number of rotatable bonds is 8. The number of amides is 2. The van der Waals surface area contributed by atoms with Crippen LogP contribution in [0.5, 0.6) is 23.1 Å². The maximum absolute atomic E-state index is 13.4. The Balaban J connectivity index is 1.43. The van der Waals surface area contributed by atoms with Crippen LogP contribution in [0.3, 0.4) is 0 Å². The van der Waals surface area contributed by atoms with Gasteiger partial charge in [-0.1, -0.05) is 12.1 Å². The van der Waals surface area contributed by atoms with Crippen LogP contribution in [0.25, 0.3) is 0 Å². The molecule has 8 heteroatoms. The lowest BCUT2D eigenvalue weighted by Crippen LogP contribution is -2.39. The summed E-state index contributed by atoms with van der Waals surface area (Å²) in [7, 11) is 0. The third kappa shape index (κ3) is 6.47. The summed E-state index contributed by atoms with van der Waals surface area (Å²) in [6, 6.07) is 14.2. The number of piperidine rings is 1. The molecule has 0 radical (unpaired) electrons. The lowest BCUT2D eigenvalue weighted by Gasteiger charge is -2.32. The summed E-state index contributed by atoms with van der Waals surface area (Å²) in [5.74, 6) is 0.698. The number of carbonyl (C=O) groups excluding carboxylic acids is 2. The van der Waals surface area contributed by atoms with Crippen molar-refractivity contribution in [1.29, 1.82) is 0 Å². The molecule has 2 aromatic carbocycles. The normalized spacial score (nSPS) is 15.6. The summed E-state index contributed by atoms with van der Waals surface area (Å²) < 4.78 is 24.8. The fourth-order valence-corrected chi connectivity index (χ4v) is 4.23. The van der Waals surface area contributed by atoms with Crippen LogP contribution in [0.4, 0.5) is 4.39 Å². The zero-order valence-electron chi connectivity index (χ0n) is 20.0. The zero-order chi connectivity index (χ0) is 25.5. The molecule has 2 N–H and O–H groups in total. The van der Waals surface area contributed by atoms with Gasteiger partial charge in [-0.25, -0.2) is 9.37 Å². The Labute approximate surface area is 209 Å². The quantitative estimate of drug-likeness (QED) is 0.436. The largest absolute Gasteiger partial charge is 0.457 e. The van der Waals surface area contributed by atoms with E-state index in [1.54, 1.807) is 60.8 Å². The number of pyridine rings is 1. The lowest BCUT2D eigenvalue weighted by molar-refractivity contribution is -0.127. The van der Waals surface area contributed by atoms with Gasteiger partial charge in [-0.2, -0.15) is 0 Å². The van der Waals surface area contributed by atoms with Gasteiger partial charge < -0.3 is 20.1 Å². The van der Waals surface area contributed by atoms with Gasteiger partial charge in [-0.05, 0) is 86.2 Å². The molecule has 1 aliphatic rings. The number of primary amides is 1. The molecule has 1 atom stereocenters. The van der Waals surface area contributed by atoms with E-state index in [-0.39, 0.29) is 29.1 Å². The lowest BCUT2D eigenvalue weighted by atomic mass is 9.91. The molecule has 1 unspecified atom stereocenters. The average Bonchev–Trinajstić information content (AvgIpc) is 2.86. The number of hydrogen-bond acceptors (Lipinski definition) is 5. The van der Waals surface area contributed by atoms with Crippen molar-refractivity contribution < 1.29 is 23.5 Å². The Hall–Kier alpha value is -4.20. The number of nitrogens with zero attached hydrogens (tertiary/aromatic N) is 2. The van der Waals surface area contributed by atoms with Gasteiger partial charge in [0.05, 0.1) is 0 Å². The van der Waals surface area contributed by atoms with E-state index < -0.39 is 5.91 Å². The fourth-order valence-electron chi connectivity index (χ4n) is 4.23. The molecule has 1 saturated heterocycles. The Kier molecular flexibility index (Phi) is 7.95. The molecule has 1 aromatic heterocycles. The average molecular weight is 490 g/mol. The summed E-state index contributed by atoms with van der Waals surface area (Å²) in [4.78, 5) is 30.6. The van der Waals surface area contributed by atoms with Crippen molar-refractivity contribution in [3.8, 4) is 23.1 Å². The third-order valence-electron chi connectivity index (χ3n) is 5.91. The Bertz CT molecular complexity index is 1260. The standard InChI is InChI=1S/C28H28FN3O4/c1-2-5-26(33)32-13-4-6-19(18-32)14-20-15-25(27(30)34)28(31-17-20)36-23-11-9-22(10-12-23)35-24-8-3-7-21(29)16-24/h2-3,5,7-12,15-17,19H,4,6,13-14,18H2,1H3,(H2,30,34)/b5-2+. The second-order valence-electron chi connectivity index (χ2n) is 8.69. The molecule has 1 fully saturated rings. The van der Waals surface area contributed by atoms with Crippen molar-refractivity contribution >= 4 is 11.8 Å². The van der Waals surface area contributed by atoms with Crippen LogP contribution >= 0.6 is 0 Å². The molecule has 0 aliphatic carbocycles.